The maximum absolute atomic E-state index is 14.1. The summed E-state index contributed by atoms with van der Waals surface area (Å²) < 4.78 is 0. The fourth-order valence-electron chi connectivity index (χ4n) is 8.38. The Kier molecular flexibility index (Phi) is 16.7. The Morgan fingerprint density at radius 1 is 0.928 bits per heavy atom. The predicted octanol–water partition coefficient (Wildman–Crippen LogP) is 7.04. The molecule has 0 radical (unpaired) electrons. The highest BCUT2D eigenvalue weighted by molar-refractivity contribution is 7.17. The average Bonchev–Trinajstić information content (AvgIpc) is 4.08. The van der Waals surface area contributed by atoms with Gasteiger partial charge in [0.05, 0.1) is 39.1 Å². The molecule has 2 aromatic carbocycles. The molecule has 2 aliphatic heterocycles. The highest BCUT2D eigenvalue weighted by Crippen LogP contribution is 2.31. The number of likely N-dealkylation sites (tertiary alicyclic amines) is 1. The molecule has 0 aliphatic carbocycles. The Labute approximate surface area is 415 Å². The second kappa shape index (κ2) is 22.6. The van der Waals surface area contributed by atoms with Crippen molar-refractivity contribution in [2.45, 2.75) is 105 Å². The zero-order valence-electron chi connectivity index (χ0n) is 39.8. The number of hydrogen-bond acceptors (Lipinski definition) is 14. The van der Waals surface area contributed by atoms with Crippen LogP contribution in [0.4, 0.5) is 22.5 Å². The number of thiazole rings is 2. The smallest absolute Gasteiger partial charge is 0.267 e. The van der Waals surface area contributed by atoms with E-state index >= 15 is 0 Å². The minimum absolute atomic E-state index is 0.00475. The number of amides is 5. The van der Waals surface area contributed by atoms with Gasteiger partial charge in [0.15, 0.2) is 5.13 Å². The number of β-amino-alcohol motifs (C(OH)–C–C–N with tert-alkyl or cyclic N) is 1. The molecule has 7 rings (SSSR count). The standard InChI is InChI=1S/C49H60ClN11O6S2/c1-29-11-10-12-35(50)42(29)58-46(66)37-26-52-48(69-37)56-38-24-39(55-31(3)54-38)59-19-21-60(22-20-59)41(64)14-9-7-8-13-40(63)57-44(49(4,5)6)47(67)61-27-34(62)23-36(61)45(65)51-25-32-15-17-33(18-16-32)43-30(2)53-28-68-43/h10-12,15-18,24,26,28,34,36,44,62H,7-9,13-14,19-23,25,27H2,1-6H3,(H,51,65)(H,57,63)(H,58,66)(H,52,54,55,56)/t34-,36+,44-/m1/s1. The Bertz CT molecular complexity index is 2620. The van der Waals surface area contributed by atoms with Gasteiger partial charge in [-0.2, -0.15) is 0 Å². The quantitative estimate of drug-likeness (QED) is 0.0594. The van der Waals surface area contributed by atoms with Crippen molar-refractivity contribution in [3.63, 3.8) is 0 Å². The van der Waals surface area contributed by atoms with Gasteiger partial charge >= 0.3 is 0 Å². The number of benzene rings is 2. The molecule has 0 spiro atoms. The summed E-state index contributed by atoms with van der Waals surface area (Å²) >= 11 is 9.06. The molecule has 2 aliphatic rings. The topological polar surface area (TPSA) is 215 Å². The molecular weight excluding hydrogens is 938 g/mol. The third-order valence-corrected chi connectivity index (χ3v) is 14.4. The predicted molar refractivity (Wildman–Crippen MR) is 270 cm³/mol. The first-order valence-electron chi connectivity index (χ1n) is 23.2. The van der Waals surface area contributed by atoms with Crippen molar-refractivity contribution in [1.29, 1.82) is 0 Å². The van der Waals surface area contributed by atoms with E-state index in [1.165, 1.54) is 22.4 Å². The molecule has 0 saturated carbocycles. The zero-order chi connectivity index (χ0) is 49.4. The van der Waals surface area contributed by atoms with Gasteiger partial charge in [-0.05, 0) is 61.8 Å². The van der Waals surface area contributed by atoms with Crippen molar-refractivity contribution in [1.82, 2.24) is 40.4 Å². The number of hydrogen-bond donors (Lipinski definition) is 5. The van der Waals surface area contributed by atoms with Crippen LogP contribution in [0, 0.1) is 26.2 Å². The van der Waals surface area contributed by atoms with Gasteiger partial charge in [-0.3, -0.25) is 24.0 Å². The van der Waals surface area contributed by atoms with E-state index < -0.39 is 29.5 Å². The summed E-state index contributed by atoms with van der Waals surface area (Å²) in [4.78, 5) is 91.7. The van der Waals surface area contributed by atoms with Crippen molar-refractivity contribution in [3.8, 4) is 10.4 Å². The summed E-state index contributed by atoms with van der Waals surface area (Å²) in [7, 11) is 0. The van der Waals surface area contributed by atoms with E-state index in [1.807, 2.05) is 87.5 Å². The molecular formula is C49H60ClN11O6S2. The van der Waals surface area contributed by atoms with E-state index in [2.05, 4.69) is 46.1 Å². The Balaban J connectivity index is 0.823. The summed E-state index contributed by atoms with van der Waals surface area (Å²) in [5.41, 5.74) is 5.45. The molecule has 2 fully saturated rings. The number of halogens is 1. The lowest BCUT2D eigenvalue weighted by Gasteiger charge is -2.35. The molecule has 366 valence electrons. The number of nitrogens with one attached hydrogen (secondary N) is 4. The van der Waals surface area contributed by atoms with Crippen LogP contribution in [0.5, 0.6) is 0 Å². The number of anilines is 4. The minimum Gasteiger partial charge on any atom is -0.391 e. The van der Waals surface area contributed by atoms with Crippen molar-refractivity contribution < 1.29 is 29.1 Å². The van der Waals surface area contributed by atoms with Crippen LogP contribution in [-0.4, -0.2) is 115 Å². The van der Waals surface area contributed by atoms with Crippen LogP contribution in [-0.2, 0) is 25.7 Å². The number of aromatic nitrogens is 4. The first kappa shape index (κ1) is 50.8. The van der Waals surface area contributed by atoms with Gasteiger partial charge in [0.25, 0.3) is 5.91 Å². The highest BCUT2D eigenvalue weighted by Gasteiger charge is 2.44. The van der Waals surface area contributed by atoms with Crippen LogP contribution in [0.3, 0.4) is 0 Å². The summed E-state index contributed by atoms with van der Waals surface area (Å²) in [6.07, 6.45) is 3.09. The third kappa shape index (κ3) is 13.2. The van der Waals surface area contributed by atoms with Crippen LogP contribution in [0.25, 0.3) is 10.4 Å². The van der Waals surface area contributed by atoms with Crippen LogP contribution < -0.4 is 26.2 Å². The van der Waals surface area contributed by atoms with E-state index in [4.69, 9.17) is 11.6 Å². The fraction of sp³-hybridized carbons (Fsp3) is 0.449. The molecule has 20 heteroatoms. The molecule has 0 bridgehead atoms. The Hall–Kier alpha value is -6.02. The molecule has 69 heavy (non-hydrogen) atoms. The lowest BCUT2D eigenvalue weighted by Crippen LogP contribution is -2.57. The third-order valence-electron chi connectivity index (χ3n) is 12.2. The Morgan fingerprint density at radius 3 is 2.36 bits per heavy atom. The summed E-state index contributed by atoms with van der Waals surface area (Å²) in [6, 6.07) is 13.3. The van der Waals surface area contributed by atoms with Gasteiger partial charge < -0.3 is 41.1 Å². The van der Waals surface area contributed by atoms with Gasteiger partial charge in [0.2, 0.25) is 23.6 Å². The van der Waals surface area contributed by atoms with Crippen molar-refractivity contribution in [2.24, 2.45) is 5.41 Å². The van der Waals surface area contributed by atoms with E-state index in [9.17, 15) is 29.1 Å². The zero-order valence-corrected chi connectivity index (χ0v) is 42.2. The van der Waals surface area contributed by atoms with Gasteiger partial charge in [-0.1, -0.05) is 86.5 Å². The van der Waals surface area contributed by atoms with Gasteiger partial charge in [0, 0.05) is 64.6 Å². The van der Waals surface area contributed by atoms with Crippen molar-refractivity contribution in [2.75, 3.05) is 48.3 Å². The largest absolute Gasteiger partial charge is 0.391 e. The lowest BCUT2D eigenvalue weighted by atomic mass is 9.85. The minimum atomic E-state index is -0.917. The van der Waals surface area contributed by atoms with Crippen molar-refractivity contribution >= 4 is 86.3 Å². The van der Waals surface area contributed by atoms with Gasteiger partial charge in [0.1, 0.15) is 34.4 Å². The van der Waals surface area contributed by atoms with Crippen molar-refractivity contribution in [3.05, 3.63) is 92.8 Å². The second-order valence-corrected chi connectivity index (χ2v) is 20.9. The fourth-order valence-corrected chi connectivity index (χ4v) is 10.2. The maximum atomic E-state index is 14.1. The molecule has 3 atom stereocenters. The van der Waals surface area contributed by atoms with Crippen LogP contribution in [0.2, 0.25) is 5.02 Å². The second-order valence-electron chi connectivity index (χ2n) is 18.6. The van der Waals surface area contributed by atoms with Crippen LogP contribution in [0.1, 0.15) is 91.6 Å². The number of aryl methyl sites for hydroxylation is 3. The first-order valence-corrected chi connectivity index (χ1v) is 25.2. The van der Waals surface area contributed by atoms with E-state index in [0.717, 1.165) is 27.3 Å². The molecule has 5 N–H and O–H groups in total. The lowest BCUT2D eigenvalue weighted by molar-refractivity contribution is -0.144. The summed E-state index contributed by atoms with van der Waals surface area (Å²) in [6.45, 7) is 13.7. The number of rotatable bonds is 17. The van der Waals surface area contributed by atoms with E-state index in [0.29, 0.717) is 90.0 Å². The molecule has 5 aromatic rings. The molecule has 3 aromatic heterocycles. The number of aliphatic hydroxyl groups is 1. The SMILES string of the molecule is Cc1nc(Nc2ncc(C(=O)Nc3c(C)cccc3Cl)s2)cc(N2CCN(C(=O)CCCCCC(=O)N[C@H](C(=O)N3C[C@H](O)C[C@H]3C(=O)NCc3ccc(-c4scnc4C)cc3)C(C)(C)C)CC2)n1. The number of carbonyl (C=O) groups is 5. The highest BCUT2D eigenvalue weighted by atomic mass is 35.5. The average molecular weight is 999 g/mol. The number of piperazine rings is 1. The van der Waals surface area contributed by atoms with Gasteiger partial charge in [-0.25, -0.2) is 19.9 Å². The van der Waals surface area contributed by atoms with Crippen LogP contribution in [0.15, 0.2) is 60.2 Å². The molecule has 0 unspecified atom stereocenters. The first-order chi connectivity index (χ1) is 32.9. The molecule has 2 saturated heterocycles. The number of aliphatic hydroxyl groups excluding tert-OH is 1. The van der Waals surface area contributed by atoms with E-state index in [-0.39, 0.29) is 49.6 Å². The number of para-hydroxylation sites is 1. The van der Waals surface area contributed by atoms with Crippen LogP contribution >= 0.6 is 34.3 Å². The summed E-state index contributed by atoms with van der Waals surface area (Å²) in [5, 5.41) is 23.5. The summed E-state index contributed by atoms with van der Waals surface area (Å²) in [5.74, 6) is 0.487. The molecule has 17 nitrogen and oxygen atoms in total. The molecule has 5 heterocycles. The van der Waals surface area contributed by atoms with E-state index in [1.54, 1.807) is 24.3 Å². The van der Waals surface area contributed by atoms with Gasteiger partial charge in [-0.15, -0.1) is 11.3 Å². The number of nitrogens with zero attached hydrogens (tertiary/aromatic N) is 7. The molecule has 5 amide bonds. The Morgan fingerprint density at radius 2 is 1.67 bits per heavy atom. The number of carbonyl (C=O) groups excluding carboxylic acids is 5. The number of unbranched alkanes of at least 4 members (excludes halogenated alkanes) is 2. The monoisotopic (exact) mass is 997 g/mol. The normalized spacial score (nSPS) is 16.6. The maximum Gasteiger partial charge on any atom is 0.267 e.